The van der Waals surface area contributed by atoms with Gasteiger partial charge in [0.2, 0.25) is 11.8 Å². The summed E-state index contributed by atoms with van der Waals surface area (Å²) >= 11 is 0. The van der Waals surface area contributed by atoms with E-state index in [0.29, 0.717) is 18.9 Å². The second-order valence-corrected chi connectivity index (χ2v) is 13.0. The monoisotopic (exact) mass is 579 g/mol. The number of hydrogen-bond donors (Lipinski definition) is 2. The number of aryl methyl sites for hydroxylation is 2. The molecule has 2 aromatic carbocycles. The molecule has 232 valence electrons. The smallest absolute Gasteiger partial charge is 0.408 e. The number of alkyl carbamates (subject to hydrolysis) is 1. The Morgan fingerprint density at radius 1 is 0.929 bits per heavy atom. The molecule has 4 unspecified atom stereocenters. The standard InChI is InChI=1S/C35H53N3O4/c1-11-25(5)30(37-34(41)42-35(8,9)10)33(40)38(27(7)20-17-23(2)3)31(29-21-24(4)18-19-26(29)6)32(39)36-22-28-15-13-12-14-16-28/h12-16,18-19,21,23,25,27,30-31H,11,17,20,22H2,1-10H3,(H,36,39)(H,37,41). The van der Waals surface area contributed by atoms with Crippen LogP contribution in [0.5, 0.6) is 0 Å². The Balaban J connectivity index is 2.64. The first-order valence-electron chi connectivity index (χ1n) is 15.3. The van der Waals surface area contributed by atoms with Crippen LogP contribution >= 0.6 is 0 Å². The molecule has 0 bridgehead atoms. The molecule has 0 heterocycles. The zero-order valence-electron chi connectivity index (χ0n) is 27.4. The minimum absolute atomic E-state index is 0.184. The van der Waals surface area contributed by atoms with Gasteiger partial charge in [-0.1, -0.05) is 88.2 Å². The van der Waals surface area contributed by atoms with Crippen molar-refractivity contribution < 1.29 is 19.1 Å². The summed E-state index contributed by atoms with van der Waals surface area (Å²) in [4.78, 5) is 43.6. The van der Waals surface area contributed by atoms with Crippen LogP contribution in [-0.4, -0.2) is 40.5 Å². The average molecular weight is 580 g/mol. The highest BCUT2D eigenvalue weighted by Gasteiger charge is 2.40. The van der Waals surface area contributed by atoms with Crippen molar-refractivity contribution in [1.82, 2.24) is 15.5 Å². The number of nitrogens with one attached hydrogen (secondary N) is 2. The summed E-state index contributed by atoms with van der Waals surface area (Å²) in [5.74, 6) is -0.290. The van der Waals surface area contributed by atoms with Crippen molar-refractivity contribution in [3.63, 3.8) is 0 Å². The largest absolute Gasteiger partial charge is 0.444 e. The van der Waals surface area contributed by atoms with Crippen molar-refractivity contribution in [3.8, 4) is 0 Å². The molecular formula is C35H53N3O4. The molecule has 7 heteroatoms. The van der Waals surface area contributed by atoms with Gasteiger partial charge in [-0.15, -0.1) is 0 Å². The Bertz CT molecular complexity index is 1170. The quantitative estimate of drug-likeness (QED) is 0.262. The molecule has 2 N–H and O–H groups in total. The first-order valence-corrected chi connectivity index (χ1v) is 15.3. The van der Waals surface area contributed by atoms with Crippen molar-refractivity contribution in [1.29, 1.82) is 0 Å². The maximum absolute atomic E-state index is 14.7. The molecule has 4 atom stereocenters. The maximum atomic E-state index is 14.7. The lowest BCUT2D eigenvalue weighted by atomic mass is 9.91. The van der Waals surface area contributed by atoms with Gasteiger partial charge in [0, 0.05) is 12.6 Å². The van der Waals surface area contributed by atoms with E-state index in [1.807, 2.05) is 83.1 Å². The van der Waals surface area contributed by atoms with Gasteiger partial charge in [-0.2, -0.15) is 0 Å². The second kappa shape index (κ2) is 15.8. The van der Waals surface area contributed by atoms with Gasteiger partial charge in [0.1, 0.15) is 17.7 Å². The number of ether oxygens (including phenoxy) is 1. The van der Waals surface area contributed by atoms with Crippen LogP contribution in [0.25, 0.3) is 0 Å². The fourth-order valence-electron chi connectivity index (χ4n) is 4.94. The average Bonchev–Trinajstić information content (AvgIpc) is 2.92. The van der Waals surface area contributed by atoms with Crippen LogP contribution in [0.15, 0.2) is 48.5 Å². The van der Waals surface area contributed by atoms with Gasteiger partial charge >= 0.3 is 6.09 Å². The normalized spacial score (nSPS) is 14.5. The Kier molecular flexibility index (Phi) is 13.1. The molecule has 0 aliphatic heterocycles. The number of nitrogens with zero attached hydrogens (tertiary/aromatic N) is 1. The Hall–Kier alpha value is -3.35. The summed E-state index contributed by atoms with van der Waals surface area (Å²) in [5, 5.41) is 5.98. The van der Waals surface area contributed by atoms with Crippen LogP contribution in [0.4, 0.5) is 4.79 Å². The number of rotatable bonds is 13. The van der Waals surface area contributed by atoms with Gasteiger partial charge in [0.25, 0.3) is 0 Å². The van der Waals surface area contributed by atoms with E-state index in [-0.39, 0.29) is 23.8 Å². The maximum Gasteiger partial charge on any atom is 0.408 e. The van der Waals surface area contributed by atoms with Gasteiger partial charge in [0.15, 0.2) is 0 Å². The highest BCUT2D eigenvalue weighted by Crippen LogP contribution is 2.31. The molecule has 2 rings (SSSR count). The predicted molar refractivity (Wildman–Crippen MR) is 170 cm³/mol. The molecule has 0 spiro atoms. The minimum atomic E-state index is -0.879. The Morgan fingerprint density at radius 3 is 2.14 bits per heavy atom. The first-order chi connectivity index (χ1) is 19.6. The van der Waals surface area contributed by atoms with E-state index in [9.17, 15) is 14.4 Å². The van der Waals surface area contributed by atoms with Crippen LogP contribution in [0.1, 0.15) is 103 Å². The number of benzene rings is 2. The van der Waals surface area contributed by atoms with Crippen LogP contribution < -0.4 is 10.6 Å². The molecule has 42 heavy (non-hydrogen) atoms. The van der Waals surface area contributed by atoms with E-state index < -0.39 is 23.8 Å². The molecule has 3 amide bonds. The zero-order chi connectivity index (χ0) is 31.6. The molecule has 0 aliphatic rings. The molecule has 0 saturated carbocycles. The number of carbonyl (C=O) groups is 3. The number of hydrogen-bond acceptors (Lipinski definition) is 4. The minimum Gasteiger partial charge on any atom is -0.444 e. The van der Waals surface area contributed by atoms with E-state index >= 15 is 0 Å². The van der Waals surface area contributed by atoms with Gasteiger partial charge in [0.05, 0.1) is 0 Å². The van der Waals surface area contributed by atoms with Crippen molar-refractivity contribution >= 4 is 17.9 Å². The van der Waals surface area contributed by atoms with Crippen LogP contribution in [0.2, 0.25) is 0 Å². The van der Waals surface area contributed by atoms with E-state index in [1.165, 1.54) is 0 Å². The lowest BCUT2D eigenvalue weighted by Gasteiger charge is -2.40. The molecule has 7 nitrogen and oxygen atoms in total. The number of amides is 3. The number of carbonyl (C=O) groups excluding carboxylic acids is 3. The Morgan fingerprint density at radius 2 is 1.57 bits per heavy atom. The van der Waals surface area contributed by atoms with E-state index in [1.54, 1.807) is 25.7 Å². The van der Waals surface area contributed by atoms with Crippen LogP contribution in [-0.2, 0) is 20.9 Å². The van der Waals surface area contributed by atoms with Gasteiger partial charge in [-0.25, -0.2) is 4.79 Å². The third kappa shape index (κ3) is 10.5. The van der Waals surface area contributed by atoms with Crippen molar-refractivity contribution in [2.24, 2.45) is 11.8 Å². The lowest BCUT2D eigenvalue weighted by molar-refractivity contribution is -0.146. The predicted octanol–water partition coefficient (Wildman–Crippen LogP) is 7.25. The van der Waals surface area contributed by atoms with Crippen molar-refractivity contribution in [2.75, 3.05) is 0 Å². The summed E-state index contributed by atoms with van der Waals surface area (Å²) in [5.41, 5.74) is 2.97. The van der Waals surface area contributed by atoms with Crippen LogP contribution in [0.3, 0.4) is 0 Å². The second-order valence-electron chi connectivity index (χ2n) is 13.0. The topological polar surface area (TPSA) is 87.7 Å². The summed E-state index contributed by atoms with van der Waals surface area (Å²) in [6.45, 7) is 19.9. The zero-order valence-corrected chi connectivity index (χ0v) is 27.4. The highest BCUT2D eigenvalue weighted by atomic mass is 16.6. The summed E-state index contributed by atoms with van der Waals surface area (Å²) in [7, 11) is 0. The molecule has 0 aromatic heterocycles. The van der Waals surface area contributed by atoms with Gasteiger partial charge in [-0.05, 0) is 82.9 Å². The van der Waals surface area contributed by atoms with E-state index in [0.717, 1.165) is 35.1 Å². The third-order valence-electron chi connectivity index (χ3n) is 7.61. The summed E-state index contributed by atoms with van der Waals surface area (Å²) in [6, 6.07) is 13.7. The fourth-order valence-corrected chi connectivity index (χ4v) is 4.94. The molecular weight excluding hydrogens is 526 g/mol. The van der Waals surface area contributed by atoms with E-state index in [2.05, 4.69) is 24.5 Å². The summed E-state index contributed by atoms with van der Waals surface area (Å²) < 4.78 is 5.55. The van der Waals surface area contributed by atoms with E-state index in [4.69, 9.17) is 4.74 Å². The Labute approximate surface area is 253 Å². The molecule has 2 aromatic rings. The third-order valence-corrected chi connectivity index (χ3v) is 7.61. The van der Waals surface area contributed by atoms with Crippen molar-refractivity contribution in [2.45, 2.75) is 119 Å². The van der Waals surface area contributed by atoms with Gasteiger partial charge < -0.3 is 20.3 Å². The lowest BCUT2D eigenvalue weighted by Crippen LogP contribution is -2.57. The fraction of sp³-hybridized carbons (Fsp3) is 0.571. The summed E-state index contributed by atoms with van der Waals surface area (Å²) in [6.07, 6.45) is 1.63. The molecule has 0 radical (unpaired) electrons. The SMILES string of the molecule is CCC(C)C(NC(=O)OC(C)(C)C)C(=O)N(C(C)CCC(C)C)C(C(=O)NCc1ccccc1)c1cc(C)ccc1C. The van der Waals surface area contributed by atoms with Crippen LogP contribution in [0, 0.1) is 25.7 Å². The molecule has 0 saturated heterocycles. The van der Waals surface area contributed by atoms with Crippen molar-refractivity contribution in [3.05, 3.63) is 70.8 Å². The molecule has 0 aliphatic carbocycles. The molecule has 0 fully saturated rings. The van der Waals surface area contributed by atoms with Gasteiger partial charge in [-0.3, -0.25) is 9.59 Å². The first kappa shape index (κ1) is 34.8. The highest BCUT2D eigenvalue weighted by molar-refractivity contribution is 5.92.